The molecule has 1 spiro atoms. The lowest BCUT2D eigenvalue weighted by atomic mass is 9.66. The minimum absolute atomic E-state index is 0.0122. The van der Waals surface area contributed by atoms with Gasteiger partial charge in [-0.15, -0.1) is 11.6 Å². The smallest absolute Gasteiger partial charge is 0.241 e. The first-order valence-electron chi connectivity index (χ1n) is 12.4. The zero-order valence-electron chi connectivity index (χ0n) is 20.2. The third kappa shape index (κ3) is 4.69. The van der Waals surface area contributed by atoms with Crippen LogP contribution in [0.3, 0.4) is 0 Å². The van der Waals surface area contributed by atoms with Gasteiger partial charge in [0.05, 0.1) is 19.4 Å². The fourth-order valence-corrected chi connectivity index (χ4v) is 5.42. The van der Waals surface area contributed by atoms with Crippen molar-refractivity contribution in [1.29, 1.82) is 0 Å². The maximum absolute atomic E-state index is 14.6. The van der Waals surface area contributed by atoms with Gasteiger partial charge in [0.25, 0.3) is 0 Å². The molecule has 1 aliphatic carbocycles. The summed E-state index contributed by atoms with van der Waals surface area (Å²) in [6.07, 6.45) is 5.33. The van der Waals surface area contributed by atoms with Crippen LogP contribution in [0.15, 0.2) is 48.7 Å². The van der Waals surface area contributed by atoms with E-state index in [-0.39, 0.29) is 35.1 Å². The van der Waals surface area contributed by atoms with Crippen LogP contribution in [0.5, 0.6) is 5.75 Å². The SMILES string of the molecule is O=C(CCl)N1CC2(CCC2)c2ccc(Nc3nc(Nc4ccc(OC5CCOC5)cc4)ncc3F)cc21. The molecule has 8 nitrogen and oxygen atoms in total. The fourth-order valence-electron chi connectivity index (χ4n) is 5.28. The van der Waals surface area contributed by atoms with E-state index in [2.05, 4.69) is 20.6 Å². The van der Waals surface area contributed by atoms with Gasteiger partial charge >= 0.3 is 0 Å². The number of amides is 1. The van der Waals surface area contributed by atoms with E-state index in [4.69, 9.17) is 21.1 Å². The number of benzene rings is 2. The van der Waals surface area contributed by atoms with E-state index < -0.39 is 5.82 Å². The fraction of sp³-hybridized carbons (Fsp3) is 0.370. The molecule has 1 atom stereocenters. The highest BCUT2D eigenvalue weighted by Gasteiger charge is 2.48. The predicted molar refractivity (Wildman–Crippen MR) is 140 cm³/mol. The van der Waals surface area contributed by atoms with Gasteiger partial charge in [-0.1, -0.05) is 12.5 Å². The van der Waals surface area contributed by atoms with Crippen LogP contribution >= 0.6 is 11.6 Å². The first-order chi connectivity index (χ1) is 18.0. The highest BCUT2D eigenvalue weighted by atomic mass is 35.5. The molecule has 1 aromatic heterocycles. The summed E-state index contributed by atoms with van der Waals surface area (Å²) in [6.45, 7) is 1.97. The summed E-state index contributed by atoms with van der Waals surface area (Å²) < 4.78 is 25.9. The Morgan fingerprint density at radius 2 is 2.00 bits per heavy atom. The number of ether oxygens (including phenoxy) is 2. The zero-order valence-corrected chi connectivity index (χ0v) is 20.9. The summed E-state index contributed by atoms with van der Waals surface area (Å²) in [5.74, 6) is 0.241. The minimum atomic E-state index is -0.585. The number of aromatic nitrogens is 2. The van der Waals surface area contributed by atoms with Gasteiger partial charge in [-0.2, -0.15) is 4.98 Å². The molecule has 3 aliphatic rings. The number of anilines is 5. The number of rotatable bonds is 7. The van der Waals surface area contributed by atoms with Crippen LogP contribution in [-0.4, -0.2) is 47.6 Å². The van der Waals surface area contributed by atoms with Crippen molar-refractivity contribution in [2.24, 2.45) is 0 Å². The average molecular weight is 524 g/mol. The molecule has 3 aromatic rings. The van der Waals surface area contributed by atoms with E-state index in [0.717, 1.165) is 61.2 Å². The molecule has 2 aromatic carbocycles. The van der Waals surface area contributed by atoms with Crippen LogP contribution in [0.2, 0.25) is 0 Å². The number of fused-ring (bicyclic) bond motifs is 2. The third-order valence-electron chi connectivity index (χ3n) is 7.35. The Morgan fingerprint density at radius 1 is 1.19 bits per heavy atom. The van der Waals surface area contributed by atoms with Crippen molar-refractivity contribution >= 4 is 46.3 Å². The number of nitrogens with one attached hydrogen (secondary N) is 2. The highest BCUT2D eigenvalue weighted by molar-refractivity contribution is 6.29. The van der Waals surface area contributed by atoms with Gasteiger partial charge in [0, 0.05) is 35.4 Å². The summed E-state index contributed by atoms with van der Waals surface area (Å²) in [6, 6.07) is 13.2. The Bertz CT molecular complexity index is 1310. The second-order valence-corrected chi connectivity index (χ2v) is 10.0. The lowest BCUT2D eigenvalue weighted by Crippen LogP contribution is -2.41. The quantitative estimate of drug-likeness (QED) is 0.407. The largest absolute Gasteiger partial charge is 0.488 e. The van der Waals surface area contributed by atoms with E-state index in [1.807, 2.05) is 42.5 Å². The molecule has 0 bridgehead atoms. The lowest BCUT2D eigenvalue weighted by molar-refractivity contribution is -0.116. The van der Waals surface area contributed by atoms with Crippen molar-refractivity contribution in [3.63, 3.8) is 0 Å². The van der Waals surface area contributed by atoms with Crippen molar-refractivity contribution in [3.05, 3.63) is 60.0 Å². The summed E-state index contributed by atoms with van der Waals surface area (Å²) in [5.41, 5.74) is 3.36. The second-order valence-electron chi connectivity index (χ2n) is 9.75. The van der Waals surface area contributed by atoms with Crippen LogP contribution < -0.4 is 20.3 Å². The van der Waals surface area contributed by atoms with E-state index in [1.54, 1.807) is 4.90 Å². The third-order valence-corrected chi connectivity index (χ3v) is 7.58. The van der Waals surface area contributed by atoms with Crippen LogP contribution in [-0.2, 0) is 14.9 Å². The molecule has 1 unspecified atom stereocenters. The zero-order chi connectivity index (χ0) is 25.4. The minimum Gasteiger partial charge on any atom is -0.488 e. The van der Waals surface area contributed by atoms with Gasteiger partial charge in [-0.05, 0) is 54.8 Å². The molecule has 2 N–H and O–H groups in total. The standard InChI is InChI=1S/C27H27ClFN5O3/c28-13-24(35)34-16-27(9-1-10-27)21-7-4-18(12-23(21)34)31-25-22(29)14-30-26(33-25)32-17-2-5-19(6-3-17)37-20-8-11-36-15-20/h2-7,12,14,20H,1,8-11,13,15-16H2,(H2,30,31,32,33). The van der Waals surface area contributed by atoms with Crippen LogP contribution in [0.1, 0.15) is 31.2 Å². The van der Waals surface area contributed by atoms with Crippen molar-refractivity contribution < 1.29 is 18.7 Å². The van der Waals surface area contributed by atoms with E-state index in [9.17, 15) is 9.18 Å². The molecule has 192 valence electrons. The van der Waals surface area contributed by atoms with Crippen LogP contribution in [0, 0.1) is 5.82 Å². The van der Waals surface area contributed by atoms with Crippen LogP contribution in [0.4, 0.5) is 33.2 Å². The number of halogens is 2. The molecule has 37 heavy (non-hydrogen) atoms. The number of nitrogens with zero attached hydrogens (tertiary/aromatic N) is 3. The summed E-state index contributed by atoms with van der Waals surface area (Å²) in [5, 5.41) is 6.15. The molecule has 2 fully saturated rings. The first-order valence-corrected chi connectivity index (χ1v) is 13.0. The Morgan fingerprint density at radius 3 is 2.70 bits per heavy atom. The van der Waals surface area contributed by atoms with Gasteiger partial charge in [0.2, 0.25) is 11.9 Å². The highest BCUT2D eigenvalue weighted by Crippen LogP contribution is 2.53. The van der Waals surface area contributed by atoms with Gasteiger partial charge < -0.3 is 25.0 Å². The lowest BCUT2D eigenvalue weighted by Gasteiger charge is -2.38. The molecule has 0 radical (unpaired) electrons. The summed E-state index contributed by atoms with van der Waals surface area (Å²) in [7, 11) is 0. The number of hydrogen-bond donors (Lipinski definition) is 2. The van der Waals surface area contributed by atoms with Crippen molar-refractivity contribution in [2.45, 2.75) is 37.2 Å². The molecular weight excluding hydrogens is 497 g/mol. The topological polar surface area (TPSA) is 88.6 Å². The second kappa shape index (κ2) is 9.79. The first kappa shape index (κ1) is 23.9. The monoisotopic (exact) mass is 523 g/mol. The summed E-state index contributed by atoms with van der Waals surface area (Å²) in [4.78, 5) is 22.7. The van der Waals surface area contributed by atoms with Crippen molar-refractivity contribution in [2.75, 3.05) is 41.2 Å². The van der Waals surface area contributed by atoms with Gasteiger partial charge in [0.15, 0.2) is 11.6 Å². The molecular formula is C27H27ClFN5O3. The number of carbonyl (C=O) groups excluding carboxylic acids is 1. The van der Waals surface area contributed by atoms with Crippen molar-refractivity contribution in [1.82, 2.24) is 9.97 Å². The number of hydrogen-bond acceptors (Lipinski definition) is 7. The summed E-state index contributed by atoms with van der Waals surface area (Å²) >= 11 is 5.88. The molecule has 2 aliphatic heterocycles. The number of carbonyl (C=O) groups is 1. The normalized spacial score (nSPS) is 19.4. The predicted octanol–water partition coefficient (Wildman–Crippen LogP) is 5.28. The molecule has 1 saturated carbocycles. The van der Waals surface area contributed by atoms with Crippen LogP contribution in [0.25, 0.3) is 0 Å². The molecule has 10 heteroatoms. The Kier molecular flexibility index (Phi) is 6.34. The Labute approximate surface area is 219 Å². The van der Waals surface area contributed by atoms with E-state index >= 15 is 0 Å². The molecule has 6 rings (SSSR count). The van der Waals surface area contributed by atoms with Gasteiger partial charge in [-0.25, -0.2) is 9.37 Å². The Balaban J connectivity index is 1.18. The van der Waals surface area contributed by atoms with Crippen molar-refractivity contribution in [3.8, 4) is 5.75 Å². The van der Waals surface area contributed by atoms with E-state index in [1.165, 1.54) is 0 Å². The van der Waals surface area contributed by atoms with Gasteiger partial charge in [0.1, 0.15) is 17.7 Å². The molecule has 3 heterocycles. The van der Waals surface area contributed by atoms with Gasteiger partial charge in [-0.3, -0.25) is 4.79 Å². The molecule has 1 amide bonds. The maximum atomic E-state index is 14.6. The Hall–Kier alpha value is -3.43. The maximum Gasteiger partial charge on any atom is 0.241 e. The van der Waals surface area contributed by atoms with E-state index in [0.29, 0.717) is 18.8 Å². The number of alkyl halides is 1. The average Bonchev–Trinajstić information content (AvgIpc) is 3.52. The molecule has 1 saturated heterocycles.